The molecule has 0 aromatic heterocycles. The molecule has 0 spiro atoms. The van der Waals surface area contributed by atoms with Crippen LogP contribution in [0.4, 0.5) is 0 Å². The van der Waals surface area contributed by atoms with E-state index in [2.05, 4.69) is 83.1 Å². The van der Waals surface area contributed by atoms with Gasteiger partial charge in [0.2, 0.25) is 0 Å². The Labute approximate surface area is 163 Å². The van der Waals surface area contributed by atoms with Gasteiger partial charge in [0.25, 0.3) is 0 Å². The molecule has 0 N–H and O–H groups in total. The molecule has 0 bridgehead atoms. The van der Waals surface area contributed by atoms with Crippen LogP contribution in [0.1, 0.15) is 109 Å². The molecular formula is C22H50OSi2. The third-order valence-corrected chi connectivity index (χ3v) is 21.9. The highest BCUT2D eigenvalue weighted by atomic mass is 28.4. The SMILES string of the molecule is CCC(C)[Si](O[Si](C(C)C)(C(C)CC)C(C)CC)(C(C)C)C(C)CC. The Morgan fingerprint density at radius 1 is 0.480 bits per heavy atom. The summed E-state index contributed by atoms with van der Waals surface area (Å²) in [5.74, 6) is 0. The third-order valence-electron chi connectivity index (χ3n) is 7.69. The standard InChI is InChI=1S/C22H50OSi2/c1-13-19(9)24(17(5)6,20(10)14-2)23-25(18(7)8,21(11)15-3)22(12)16-4/h17-22H,13-16H2,1-12H3. The zero-order valence-electron chi connectivity index (χ0n) is 19.7. The van der Waals surface area contributed by atoms with Crippen LogP contribution in [0, 0.1) is 0 Å². The first kappa shape index (κ1) is 25.4. The van der Waals surface area contributed by atoms with Crippen molar-refractivity contribution in [2.24, 2.45) is 0 Å². The van der Waals surface area contributed by atoms with E-state index in [1.807, 2.05) is 0 Å². The molecule has 1 nitrogen and oxygen atoms in total. The summed E-state index contributed by atoms with van der Waals surface area (Å²) in [6, 6.07) is 0. The monoisotopic (exact) mass is 386 g/mol. The van der Waals surface area contributed by atoms with Crippen molar-refractivity contribution in [3.63, 3.8) is 0 Å². The predicted octanol–water partition coefficient (Wildman–Crippen LogP) is 8.91. The Morgan fingerprint density at radius 2 is 0.680 bits per heavy atom. The van der Waals surface area contributed by atoms with Crippen LogP contribution in [0.15, 0.2) is 0 Å². The average Bonchev–Trinajstić information content (AvgIpc) is 2.59. The Kier molecular flexibility index (Phi) is 10.8. The van der Waals surface area contributed by atoms with E-state index in [9.17, 15) is 0 Å². The summed E-state index contributed by atoms with van der Waals surface area (Å²) in [5.41, 5.74) is 4.33. The molecule has 152 valence electrons. The van der Waals surface area contributed by atoms with Crippen molar-refractivity contribution in [2.45, 2.75) is 142 Å². The molecule has 3 heteroatoms. The highest BCUT2D eigenvalue weighted by Gasteiger charge is 2.56. The van der Waals surface area contributed by atoms with Crippen molar-refractivity contribution < 1.29 is 4.12 Å². The predicted molar refractivity (Wildman–Crippen MR) is 122 cm³/mol. The second-order valence-corrected chi connectivity index (χ2v) is 19.8. The lowest BCUT2D eigenvalue weighted by molar-refractivity contribution is 0.404. The van der Waals surface area contributed by atoms with Gasteiger partial charge < -0.3 is 4.12 Å². The van der Waals surface area contributed by atoms with Gasteiger partial charge in [0.05, 0.1) is 0 Å². The van der Waals surface area contributed by atoms with Crippen molar-refractivity contribution in [3.05, 3.63) is 0 Å². The van der Waals surface area contributed by atoms with Crippen molar-refractivity contribution in [2.75, 3.05) is 0 Å². The number of hydrogen-bond donors (Lipinski definition) is 0. The summed E-state index contributed by atoms with van der Waals surface area (Å²) >= 11 is 0. The summed E-state index contributed by atoms with van der Waals surface area (Å²) in [5, 5.41) is 0. The normalized spacial score (nSPS) is 22.3. The molecule has 0 aliphatic heterocycles. The lowest BCUT2D eigenvalue weighted by Gasteiger charge is -2.55. The minimum Gasteiger partial charge on any atom is -0.454 e. The molecule has 0 saturated carbocycles. The Hall–Kier alpha value is 0.394. The van der Waals surface area contributed by atoms with Crippen LogP contribution < -0.4 is 0 Å². The molecule has 4 atom stereocenters. The topological polar surface area (TPSA) is 9.23 Å². The van der Waals surface area contributed by atoms with Gasteiger partial charge in [-0.3, -0.25) is 0 Å². The lowest BCUT2D eigenvalue weighted by atomic mass is 10.3. The van der Waals surface area contributed by atoms with Crippen molar-refractivity contribution in [1.29, 1.82) is 0 Å². The van der Waals surface area contributed by atoms with E-state index in [4.69, 9.17) is 4.12 Å². The molecule has 0 rings (SSSR count). The minimum atomic E-state index is -1.87. The fourth-order valence-corrected chi connectivity index (χ4v) is 22.1. The molecular weight excluding hydrogens is 336 g/mol. The molecule has 0 aliphatic rings. The number of rotatable bonds is 12. The molecule has 0 radical (unpaired) electrons. The van der Waals surface area contributed by atoms with Crippen LogP contribution >= 0.6 is 0 Å². The maximum absolute atomic E-state index is 7.84. The summed E-state index contributed by atoms with van der Waals surface area (Å²) < 4.78 is 7.84. The van der Waals surface area contributed by atoms with Crippen molar-refractivity contribution in [3.8, 4) is 0 Å². The van der Waals surface area contributed by atoms with Crippen LogP contribution in [0.5, 0.6) is 0 Å². The Balaban J connectivity index is 6.49. The summed E-state index contributed by atoms with van der Waals surface area (Å²) in [6.07, 6.45) is 5.05. The van der Waals surface area contributed by atoms with Crippen LogP contribution in [-0.4, -0.2) is 16.6 Å². The van der Waals surface area contributed by atoms with Gasteiger partial charge in [-0.1, -0.05) is 109 Å². The molecule has 0 amide bonds. The fraction of sp³-hybridized carbons (Fsp3) is 1.00. The van der Waals surface area contributed by atoms with E-state index < -0.39 is 16.6 Å². The second kappa shape index (κ2) is 10.7. The minimum absolute atomic E-state index is 0.691. The fourth-order valence-electron chi connectivity index (χ4n) is 5.47. The molecule has 4 unspecified atom stereocenters. The van der Waals surface area contributed by atoms with E-state index in [0.717, 1.165) is 22.2 Å². The van der Waals surface area contributed by atoms with E-state index >= 15 is 0 Å². The molecule has 0 aromatic rings. The van der Waals surface area contributed by atoms with Gasteiger partial charge in [-0.25, -0.2) is 0 Å². The molecule has 25 heavy (non-hydrogen) atoms. The van der Waals surface area contributed by atoms with Crippen molar-refractivity contribution in [1.82, 2.24) is 0 Å². The van der Waals surface area contributed by atoms with Gasteiger partial charge in [0.15, 0.2) is 16.6 Å². The summed E-state index contributed by atoms with van der Waals surface area (Å²) in [6.45, 7) is 29.4. The van der Waals surface area contributed by atoms with Gasteiger partial charge in [0, 0.05) is 0 Å². The first-order chi connectivity index (χ1) is 11.5. The largest absolute Gasteiger partial charge is 0.454 e. The number of hydrogen-bond acceptors (Lipinski definition) is 1. The van der Waals surface area contributed by atoms with Crippen LogP contribution in [0.25, 0.3) is 0 Å². The zero-order valence-corrected chi connectivity index (χ0v) is 21.7. The summed E-state index contributed by atoms with van der Waals surface area (Å²) in [7, 11) is -3.75. The molecule has 0 heterocycles. The maximum Gasteiger partial charge on any atom is 0.187 e. The summed E-state index contributed by atoms with van der Waals surface area (Å²) in [4.78, 5) is 0. The van der Waals surface area contributed by atoms with Crippen LogP contribution in [-0.2, 0) is 4.12 Å². The Bertz CT molecular complexity index is 313. The van der Waals surface area contributed by atoms with E-state index in [1.54, 1.807) is 0 Å². The van der Waals surface area contributed by atoms with Gasteiger partial charge in [-0.15, -0.1) is 0 Å². The van der Waals surface area contributed by atoms with Crippen molar-refractivity contribution >= 4 is 16.6 Å². The smallest absolute Gasteiger partial charge is 0.187 e. The molecule has 0 saturated heterocycles. The second-order valence-electron chi connectivity index (χ2n) is 9.36. The third kappa shape index (κ3) is 4.82. The van der Waals surface area contributed by atoms with E-state index in [0.29, 0.717) is 11.1 Å². The quantitative estimate of drug-likeness (QED) is 0.304. The zero-order chi connectivity index (χ0) is 20.0. The van der Waals surface area contributed by atoms with E-state index in [-0.39, 0.29) is 0 Å². The molecule has 0 aliphatic carbocycles. The first-order valence-corrected chi connectivity index (χ1v) is 15.5. The molecule has 0 fully saturated rings. The van der Waals surface area contributed by atoms with E-state index in [1.165, 1.54) is 25.7 Å². The molecule has 0 aromatic carbocycles. The van der Waals surface area contributed by atoms with Gasteiger partial charge in [0.1, 0.15) is 0 Å². The average molecular weight is 387 g/mol. The maximum atomic E-state index is 7.84. The van der Waals surface area contributed by atoms with Crippen LogP contribution in [0.3, 0.4) is 0 Å². The lowest BCUT2D eigenvalue weighted by Crippen LogP contribution is -2.61. The first-order valence-electron chi connectivity index (χ1n) is 11.2. The highest BCUT2D eigenvalue weighted by Crippen LogP contribution is 2.54. The highest BCUT2D eigenvalue weighted by molar-refractivity contribution is 6.91. The van der Waals surface area contributed by atoms with Gasteiger partial charge >= 0.3 is 0 Å². The van der Waals surface area contributed by atoms with Gasteiger partial charge in [-0.2, -0.15) is 0 Å². The van der Waals surface area contributed by atoms with Crippen LogP contribution in [0.2, 0.25) is 33.2 Å². The Morgan fingerprint density at radius 3 is 0.800 bits per heavy atom. The van der Waals surface area contributed by atoms with Gasteiger partial charge in [-0.05, 0) is 33.2 Å².